The van der Waals surface area contributed by atoms with Gasteiger partial charge >= 0.3 is 6.09 Å². The van der Waals surface area contributed by atoms with Crippen LogP contribution in [0.3, 0.4) is 0 Å². The van der Waals surface area contributed by atoms with Crippen molar-refractivity contribution in [3.8, 4) is 0 Å². The summed E-state index contributed by atoms with van der Waals surface area (Å²) in [6.45, 7) is 10.2. The molecule has 0 aromatic rings. The van der Waals surface area contributed by atoms with Crippen molar-refractivity contribution in [2.75, 3.05) is 85.7 Å². The third-order valence-electron chi connectivity index (χ3n) is 4.43. The molecule has 0 aromatic carbocycles. The van der Waals surface area contributed by atoms with E-state index in [1.54, 1.807) is 20.8 Å². The van der Waals surface area contributed by atoms with Gasteiger partial charge in [0, 0.05) is 38.2 Å². The Hall–Kier alpha value is -2.58. The van der Waals surface area contributed by atoms with Crippen LogP contribution in [0.5, 0.6) is 0 Å². The normalized spacial score (nSPS) is 13.3. The Morgan fingerprint density at radius 2 is 1.11 bits per heavy atom. The highest BCUT2D eigenvalue weighted by molar-refractivity contribution is 6.13. The average molecular weight is 532 g/mol. The Bertz CT molecular complexity index is 706. The van der Waals surface area contributed by atoms with Crippen molar-refractivity contribution in [3.05, 3.63) is 12.2 Å². The van der Waals surface area contributed by atoms with E-state index in [0.29, 0.717) is 79.2 Å². The average Bonchev–Trinajstić information content (AvgIpc) is 3.15. The van der Waals surface area contributed by atoms with E-state index in [0.717, 1.165) is 4.90 Å². The maximum atomic E-state index is 11.7. The van der Waals surface area contributed by atoms with Gasteiger partial charge in [0.25, 0.3) is 11.8 Å². The summed E-state index contributed by atoms with van der Waals surface area (Å²) in [6.07, 6.45) is 1.96. The van der Waals surface area contributed by atoms with Gasteiger partial charge in [0.1, 0.15) is 5.60 Å². The van der Waals surface area contributed by atoms with Crippen molar-refractivity contribution in [2.45, 2.75) is 32.8 Å². The van der Waals surface area contributed by atoms with Gasteiger partial charge in [-0.15, -0.1) is 0 Å². The van der Waals surface area contributed by atoms with Gasteiger partial charge in [-0.1, -0.05) is 0 Å². The van der Waals surface area contributed by atoms with E-state index in [1.165, 1.54) is 12.2 Å². The number of amides is 4. The lowest BCUT2D eigenvalue weighted by Crippen LogP contribution is -2.35. The number of ether oxygens (including phenoxy) is 6. The van der Waals surface area contributed by atoms with E-state index in [1.807, 2.05) is 0 Å². The van der Waals surface area contributed by atoms with Crippen LogP contribution in [-0.4, -0.2) is 120 Å². The third kappa shape index (κ3) is 18.3. The van der Waals surface area contributed by atoms with Crippen molar-refractivity contribution >= 4 is 23.8 Å². The summed E-state index contributed by atoms with van der Waals surface area (Å²) in [7, 11) is 0. The Morgan fingerprint density at radius 1 is 0.703 bits per heavy atom. The first-order valence-electron chi connectivity index (χ1n) is 12.3. The first-order chi connectivity index (χ1) is 17.7. The number of imide groups is 1. The smallest absolute Gasteiger partial charge is 0.407 e. The zero-order chi connectivity index (χ0) is 27.4. The molecule has 4 amide bonds. The molecule has 0 aliphatic carbocycles. The molecule has 2 N–H and O–H groups in total. The topological polar surface area (TPSA) is 151 Å². The molecule has 0 bridgehead atoms. The number of nitrogens with zero attached hydrogens (tertiary/aromatic N) is 1. The Labute approximate surface area is 218 Å². The first kappa shape index (κ1) is 32.4. The van der Waals surface area contributed by atoms with Crippen molar-refractivity contribution < 1.29 is 47.6 Å². The molecule has 0 atom stereocenters. The molecule has 37 heavy (non-hydrogen) atoms. The number of carbonyl (C=O) groups is 4. The Morgan fingerprint density at radius 3 is 1.54 bits per heavy atom. The van der Waals surface area contributed by atoms with Crippen molar-refractivity contribution in [1.82, 2.24) is 15.5 Å². The Balaban J connectivity index is 1.75. The molecule has 212 valence electrons. The maximum absolute atomic E-state index is 11.7. The number of carbonyl (C=O) groups excluding carboxylic acids is 4. The number of rotatable bonds is 21. The molecular formula is C24H41N3O10. The molecular weight excluding hydrogens is 490 g/mol. The molecule has 0 fully saturated rings. The van der Waals surface area contributed by atoms with Gasteiger partial charge in [0.05, 0.1) is 66.1 Å². The maximum Gasteiger partial charge on any atom is 0.407 e. The third-order valence-corrected chi connectivity index (χ3v) is 4.43. The quantitative estimate of drug-likeness (QED) is 0.153. The summed E-state index contributed by atoms with van der Waals surface area (Å²) in [4.78, 5) is 47.0. The molecule has 0 saturated heterocycles. The van der Waals surface area contributed by atoms with Crippen LogP contribution in [0.15, 0.2) is 12.2 Å². The second kappa shape index (κ2) is 19.5. The second-order valence-electron chi connectivity index (χ2n) is 8.75. The standard InChI is InChI=1S/C24H41N3O10/c1-24(2,3)37-23(31)26-8-11-33-13-15-35-17-19-36-18-16-34-14-12-32-10-7-25-20(28)6-9-27-21(29)4-5-22(27)30/h4-5H,6-19H2,1-3H3,(H,25,28)(H,26,31). The fourth-order valence-electron chi connectivity index (χ4n) is 2.74. The van der Waals surface area contributed by atoms with Crippen LogP contribution in [0, 0.1) is 0 Å². The molecule has 0 spiro atoms. The Kier molecular flexibility index (Phi) is 17.1. The summed E-state index contributed by atoms with van der Waals surface area (Å²) in [5.74, 6) is -1.05. The molecule has 0 unspecified atom stereocenters. The summed E-state index contributed by atoms with van der Waals surface area (Å²) in [6, 6.07) is 0. The highest BCUT2D eigenvalue weighted by Crippen LogP contribution is 2.06. The zero-order valence-corrected chi connectivity index (χ0v) is 22.1. The van der Waals surface area contributed by atoms with Gasteiger partial charge in [0.15, 0.2) is 0 Å². The summed E-state index contributed by atoms with van der Waals surface area (Å²) in [5, 5.41) is 5.27. The second-order valence-corrected chi connectivity index (χ2v) is 8.75. The number of alkyl carbamates (subject to hydrolysis) is 1. The molecule has 13 nitrogen and oxygen atoms in total. The van der Waals surface area contributed by atoms with Crippen LogP contribution in [0.4, 0.5) is 4.79 Å². The molecule has 0 aromatic heterocycles. The lowest BCUT2D eigenvalue weighted by Gasteiger charge is -2.19. The molecule has 13 heteroatoms. The first-order valence-corrected chi connectivity index (χ1v) is 12.3. The number of nitrogens with one attached hydrogen (secondary N) is 2. The fourth-order valence-corrected chi connectivity index (χ4v) is 2.74. The minimum absolute atomic E-state index is 0.0518. The molecule has 1 rings (SSSR count). The highest BCUT2D eigenvalue weighted by atomic mass is 16.6. The van der Waals surface area contributed by atoms with Gasteiger partial charge in [0.2, 0.25) is 5.91 Å². The van der Waals surface area contributed by atoms with E-state index in [-0.39, 0.29) is 18.9 Å². The van der Waals surface area contributed by atoms with Crippen LogP contribution in [0.25, 0.3) is 0 Å². The van der Waals surface area contributed by atoms with Gasteiger partial charge < -0.3 is 39.1 Å². The number of hydrogen-bond acceptors (Lipinski definition) is 10. The summed E-state index contributed by atoms with van der Waals surface area (Å²) >= 11 is 0. The monoisotopic (exact) mass is 531 g/mol. The lowest BCUT2D eigenvalue weighted by molar-refractivity contribution is -0.137. The summed E-state index contributed by atoms with van der Waals surface area (Å²) in [5.41, 5.74) is -0.522. The predicted octanol–water partition coefficient (Wildman–Crippen LogP) is 0.0254. The van der Waals surface area contributed by atoms with Gasteiger partial charge in [-0.3, -0.25) is 19.3 Å². The van der Waals surface area contributed by atoms with Gasteiger partial charge in [-0.2, -0.15) is 0 Å². The molecule has 1 aliphatic heterocycles. The van der Waals surface area contributed by atoms with Crippen LogP contribution in [0.1, 0.15) is 27.2 Å². The largest absolute Gasteiger partial charge is 0.444 e. The van der Waals surface area contributed by atoms with E-state index >= 15 is 0 Å². The van der Waals surface area contributed by atoms with E-state index in [9.17, 15) is 19.2 Å². The van der Waals surface area contributed by atoms with Gasteiger partial charge in [-0.25, -0.2) is 4.79 Å². The minimum atomic E-state index is -0.522. The molecule has 0 radical (unpaired) electrons. The van der Waals surface area contributed by atoms with Crippen LogP contribution in [-0.2, 0) is 42.8 Å². The van der Waals surface area contributed by atoms with Crippen molar-refractivity contribution in [3.63, 3.8) is 0 Å². The van der Waals surface area contributed by atoms with Crippen molar-refractivity contribution in [2.24, 2.45) is 0 Å². The molecule has 1 aliphatic rings. The highest BCUT2D eigenvalue weighted by Gasteiger charge is 2.23. The predicted molar refractivity (Wildman–Crippen MR) is 132 cm³/mol. The lowest BCUT2D eigenvalue weighted by atomic mass is 10.2. The van der Waals surface area contributed by atoms with Crippen LogP contribution >= 0.6 is 0 Å². The summed E-state index contributed by atoms with van der Waals surface area (Å²) < 4.78 is 32.0. The van der Waals surface area contributed by atoms with E-state index in [4.69, 9.17) is 28.4 Å². The minimum Gasteiger partial charge on any atom is -0.444 e. The van der Waals surface area contributed by atoms with Gasteiger partial charge in [-0.05, 0) is 20.8 Å². The van der Waals surface area contributed by atoms with Crippen LogP contribution in [0.2, 0.25) is 0 Å². The van der Waals surface area contributed by atoms with Crippen LogP contribution < -0.4 is 10.6 Å². The van der Waals surface area contributed by atoms with E-state index in [2.05, 4.69) is 10.6 Å². The number of hydrogen-bond donors (Lipinski definition) is 2. The van der Waals surface area contributed by atoms with Crippen molar-refractivity contribution in [1.29, 1.82) is 0 Å². The zero-order valence-electron chi connectivity index (χ0n) is 22.1. The molecule has 1 heterocycles. The van der Waals surface area contributed by atoms with E-state index < -0.39 is 23.5 Å². The fraction of sp³-hybridized carbons (Fsp3) is 0.750. The molecule has 0 saturated carbocycles. The SMILES string of the molecule is CC(C)(C)OC(=O)NCCOCCOCCOCCOCCOCCNC(=O)CCN1C(=O)C=CC1=O.